The van der Waals surface area contributed by atoms with Gasteiger partial charge in [-0.2, -0.15) is 0 Å². The largest absolute Gasteiger partial charge is 0.285 e. The summed E-state index contributed by atoms with van der Waals surface area (Å²) in [4.78, 5) is 9.99. The number of allylic oxidation sites excluding steroid dienone is 2. The SMILES string of the molecule is CCC([C]=O)=C(C)C. The van der Waals surface area contributed by atoms with Crippen LogP contribution >= 0.6 is 0 Å². The maximum Gasteiger partial charge on any atom is 0.229 e. The van der Waals surface area contributed by atoms with Crippen molar-refractivity contribution in [2.45, 2.75) is 27.2 Å². The van der Waals surface area contributed by atoms with Crippen LogP contribution in [0.25, 0.3) is 0 Å². The third kappa shape index (κ3) is 1.92. The Hall–Kier alpha value is -0.590. The fraction of sp³-hybridized carbons (Fsp3) is 0.571. The molecule has 1 radical (unpaired) electrons. The van der Waals surface area contributed by atoms with Gasteiger partial charge in [0.1, 0.15) is 0 Å². The average Bonchev–Trinajstić information content (AvgIpc) is 1.69. The predicted octanol–water partition coefficient (Wildman–Crippen LogP) is 1.84. The topological polar surface area (TPSA) is 17.1 Å². The Bertz CT molecular complexity index is 108. The van der Waals surface area contributed by atoms with Gasteiger partial charge in [0, 0.05) is 5.57 Å². The highest BCUT2D eigenvalue weighted by Gasteiger charge is 1.91. The van der Waals surface area contributed by atoms with Crippen LogP contribution in [0.3, 0.4) is 0 Å². The van der Waals surface area contributed by atoms with Gasteiger partial charge in [0.2, 0.25) is 6.29 Å². The molecule has 0 spiro atoms. The van der Waals surface area contributed by atoms with Crippen LogP contribution in [0.2, 0.25) is 0 Å². The van der Waals surface area contributed by atoms with Crippen molar-refractivity contribution in [2.24, 2.45) is 0 Å². The Morgan fingerprint density at radius 3 is 2.00 bits per heavy atom. The van der Waals surface area contributed by atoms with Gasteiger partial charge in [-0.1, -0.05) is 12.5 Å². The molecule has 0 bridgehead atoms. The summed E-state index contributed by atoms with van der Waals surface area (Å²) in [6.07, 6.45) is 2.68. The zero-order chi connectivity index (χ0) is 6.57. The first-order valence-corrected chi connectivity index (χ1v) is 2.76. The van der Waals surface area contributed by atoms with E-state index in [0.717, 1.165) is 17.6 Å². The van der Waals surface area contributed by atoms with E-state index in [1.165, 1.54) is 0 Å². The molecule has 0 N–H and O–H groups in total. The van der Waals surface area contributed by atoms with Crippen molar-refractivity contribution in [3.63, 3.8) is 0 Å². The van der Waals surface area contributed by atoms with Crippen molar-refractivity contribution in [2.75, 3.05) is 0 Å². The van der Waals surface area contributed by atoms with Gasteiger partial charge in [-0.15, -0.1) is 0 Å². The lowest BCUT2D eigenvalue weighted by molar-refractivity contribution is 0.560. The highest BCUT2D eigenvalue weighted by molar-refractivity contribution is 5.74. The van der Waals surface area contributed by atoms with E-state index >= 15 is 0 Å². The van der Waals surface area contributed by atoms with Crippen molar-refractivity contribution >= 4 is 6.29 Å². The monoisotopic (exact) mass is 111 g/mol. The molecule has 0 aliphatic heterocycles. The summed E-state index contributed by atoms with van der Waals surface area (Å²) in [5.74, 6) is 0. The standard InChI is InChI=1S/C7H11O/c1-4-7(5-8)6(2)3/h4H2,1-3H3. The van der Waals surface area contributed by atoms with Crippen molar-refractivity contribution in [1.29, 1.82) is 0 Å². The summed E-state index contributed by atoms with van der Waals surface area (Å²) >= 11 is 0. The van der Waals surface area contributed by atoms with Crippen LogP contribution in [0.15, 0.2) is 11.1 Å². The Kier molecular flexibility index (Phi) is 3.16. The van der Waals surface area contributed by atoms with Crippen LogP contribution in [0, 0.1) is 0 Å². The summed E-state index contributed by atoms with van der Waals surface area (Å²) in [7, 11) is 0. The van der Waals surface area contributed by atoms with Gasteiger partial charge in [-0.05, 0) is 20.3 Å². The molecule has 0 aromatic carbocycles. The Morgan fingerprint density at radius 2 is 2.00 bits per heavy atom. The van der Waals surface area contributed by atoms with E-state index < -0.39 is 0 Å². The second kappa shape index (κ2) is 3.42. The first-order chi connectivity index (χ1) is 3.72. The summed E-state index contributed by atoms with van der Waals surface area (Å²) in [6.45, 7) is 5.79. The zero-order valence-electron chi connectivity index (χ0n) is 5.62. The summed E-state index contributed by atoms with van der Waals surface area (Å²) in [6, 6.07) is 0. The van der Waals surface area contributed by atoms with Crippen molar-refractivity contribution in [1.82, 2.24) is 0 Å². The average molecular weight is 111 g/mol. The number of rotatable bonds is 2. The van der Waals surface area contributed by atoms with Crippen LogP contribution in [0.5, 0.6) is 0 Å². The highest BCUT2D eigenvalue weighted by atomic mass is 16.1. The van der Waals surface area contributed by atoms with Crippen molar-refractivity contribution < 1.29 is 4.79 Å². The van der Waals surface area contributed by atoms with Gasteiger partial charge in [-0.3, -0.25) is 4.79 Å². The molecule has 45 valence electrons. The fourth-order valence-corrected chi connectivity index (χ4v) is 0.528. The van der Waals surface area contributed by atoms with Crippen molar-refractivity contribution in [3.05, 3.63) is 11.1 Å². The molecule has 0 aliphatic carbocycles. The van der Waals surface area contributed by atoms with Gasteiger partial charge in [-0.25, -0.2) is 0 Å². The maximum atomic E-state index is 9.99. The molecule has 0 atom stereocenters. The minimum atomic E-state index is 0.796. The fourth-order valence-electron chi connectivity index (χ4n) is 0.528. The van der Waals surface area contributed by atoms with E-state index in [4.69, 9.17) is 0 Å². The van der Waals surface area contributed by atoms with E-state index in [1.807, 2.05) is 27.1 Å². The Morgan fingerprint density at radius 1 is 1.50 bits per heavy atom. The van der Waals surface area contributed by atoms with Gasteiger partial charge in [0.05, 0.1) is 0 Å². The summed E-state index contributed by atoms with van der Waals surface area (Å²) in [5.41, 5.74) is 1.87. The molecular weight excluding hydrogens is 100 g/mol. The lowest BCUT2D eigenvalue weighted by atomic mass is 10.1. The van der Waals surface area contributed by atoms with E-state index in [2.05, 4.69) is 0 Å². The van der Waals surface area contributed by atoms with Crippen LogP contribution in [0.4, 0.5) is 0 Å². The molecule has 0 unspecified atom stereocenters. The van der Waals surface area contributed by atoms with Crippen LogP contribution in [0.1, 0.15) is 27.2 Å². The van der Waals surface area contributed by atoms with Gasteiger partial charge >= 0.3 is 0 Å². The quantitative estimate of drug-likeness (QED) is 0.497. The maximum absolute atomic E-state index is 9.99. The predicted molar refractivity (Wildman–Crippen MR) is 34.4 cm³/mol. The number of carbonyl (C=O) groups excluding carboxylic acids is 1. The molecule has 0 fully saturated rings. The number of hydrogen-bond acceptors (Lipinski definition) is 1. The molecule has 1 heteroatoms. The first-order valence-electron chi connectivity index (χ1n) is 2.76. The van der Waals surface area contributed by atoms with Crippen LogP contribution in [-0.4, -0.2) is 6.29 Å². The third-order valence-electron chi connectivity index (χ3n) is 1.08. The molecule has 0 saturated heterocycles. The Balaban J connectivity index is 4.07. The van der Waals surface area contributed by atoms with Crippen LogP contribution in [-0.2, 0) is 4.79 Å². The second-order valence-corrected chi connectivity index (χ2v) is 1.93. The molecule has 1 nitrogen and oxygen atoms in total. The van der Waals surface area contributed by atoms with Crippen molar-refractivity contribution in [3.8, 4) is 0 Å². The minimum Gasteiger partial charge on any atom is -0.285 e. The molecule has 0 rings (SSSR count). The van der Waals surface area contributed by atoms with Gasteiger partial charge in [0.25, 0.3) is 0 Å². The molecule has 0 aromatic rings. The van der Waals surface area contributed by atoms with Crippen LogP contribution < -0.4 is 0 Å². The first kappa shape index (κ1) is 7.41. The minimum absolute atomic E-state index is 0.796. The Labute approximate surface area is 50.4 Å². The van der Waals surface area contributed by atoms with Gasteiger partial charge < -0.3 is 0 Å². The molecule has 0 amide bonds. The molecule has 0 aliphatic rings. The van der Waals surface area contributed by atoms with E-state index in [-0.39, 0.29) is 0 Å². The normalized spacial score (nSPS) is 8.38. The summed E-state index contributed by atoms with van der Waals surface area (Å²) in [5, 5.41) is 0. The molecule has 0 aromatic heterocycles. The summed E-state index contributed by atoms with van der Waals surface area (Å²) < 4.78 is 0. The lowest BCUT2D eigenvalue weighted by Gasteiger charge is -1.92. The van der Waals surface area contributed by atoms with E-state index in [1.54, 1.807) is 0 Å². The zero-order valence-corrected chi connectivity index (χ0v) is 5.62. The molecule has 8 heavy (non-hydrogen) atoms. The molecule has 0 heterocycles. The third-order valence-corrected chi connectivity index (χ3v) is 1.08. The van der Waals surface area contributed by atoms with Gasteiger partial charge in [0.15, 0.2) is 0 Å². The smallest absolute Gasteiger partial charge is 0.229 e. The molecular formula is C7H11O. The van der Waals surface area contributed by atoms with E-state index in [9.17, 15) is 4.79 Å². The lowest BCUT2D eigenvalue weighted by Crippen LogP contribution is -1.83. The highest BCUT2D eigenvalue weighted by Crippen LogP contribution is 2.02. The second-order valence-electron chi connectivity index (χ2n) is 1.93. The number of hydrogen-bond donors (Lipinski definition) is 0. The van der Waals surface area contributed by atoms with E-state index in [0.29, 0.717) is 0 Å². The molecule has 0 saturated carbocycles.